The van der Waals surface area contributed by atoms with Crippen LogP contribution in [-0.4, -0.2) is 15.6 Å². The highest BCUT2D eigenvalue weighted by Gasteiger charge is 2.09. The number of carboxylic acid groups (broad SMARTS) is 1. The van der Waals surface area contributed by atoms with E-state index in [0.29, 0.717) is 6.42 Å². The maximum absolute atomic E-state index is 10.6. The minimum absolute atomic E-state index is 0.191. The molecule has 0 atom stereocenters. The number of aliphatic carboxylic acids is 1. The molecule has 1 heterocycles. The van der Waals surface area contributed by atoms with E-state index < -0.39 is 5.97 Å². The van der Waals surface area contributed by atoms with Gasteiger partial charge in [-0.05, 0) is 38.0 Å². The Morgan fingerprint density at radius 2 is 2.18 bits per heavy atom. The number of aromatic nitrogens is 1. The summed E-state index contributed by atoms with van der Waals surface area (Å²) >= 11 is 0. The van der Waals surface area contributed by atoms with Crippen molar-refractivity contribution in [3.63, 3.8) is 0 Å². The highest BCUT2D eigenvalue weighted by Crippen LogP contribution is 2.23. The molecule has 0 saturated heterocycles. The zero-order valence-electron chi connectivity index (χ0n) is 10.2. The fraction of sp³-hybridized carbons (Fsp3) is 0.357. The lowest BCUT2D eigenvalue weighted by atomic mass is 10.1. The molecule has 0 amide bonds. The molecule has 3 nitrogen and oxygen atoms in total. The molecule has 0 aliphatic heterocycles. The van der Waals surface area contributed by atoms with E-state index >= 15 is 0 Å². The zero-order valence-corrected chi connectivity index (χ0v) is 10.2. The average molecular weight is 231 g/mol. The van der Waals surface area contributed by atoms with Crippen LogP contribution in [-0.2, 0) is 17.8 Å². The molecule has 0 radical (unpaired) electrons. The quantitative estimate of drug-likeness (QED) is 0.879. The molecule has 0 bridgehead atoms. The summed E-state index contributed by atoms with van der Waals surface area (Å²) in [6.07, 6.45) is 2.87. The molecule has 1 N–H and O–H groups in total. The van der Waals surface area contributed by atoms with Gasteiger partial charge in [0.1, 0.15) is 0 Å². The molecule has 1 aromatic heterocycles. The van der Waals surface area contributed by atoms with Crippen LogP contribution in [0.3, 0.4) is 0 Å². The Bertz CT molecular complexity index is 555. The van der Waals surface area contributed by atoms with Crippen molar-refractivity contribution in [2.75, 3.05) is 0 Å². The third-order valence-corrected chi connectivity index (χ3v) is 3.07. The first-order valence-corrected chi connectivity index (χ1v) is 5.92. The van der Waals surface area contributed by atoms with Gasteiger partial charge in [0.05, 0.1) is 0 Å². The van der Waals surface area contributed by atoms with E-state index in [1.807, 2.05) is 0 Å². The van der Waals surface area contributed by atoms with Crippen molar-refractivity contribution < 1.29 is 9.90 Å². The first-order chi connectivity index (χ1) is 8.11. The maximum atomic E-state index is 10.6. The molecular formula is C14H17NO2. The largest absolute Gasteiger partial charge is 0.481 e. The predicted molar refractivity (Wildman–Crippen MR) is 68.3 cm³/mol. The number of hydrogen-bond acceptors (Lipinski definition) is 1. The van der Waals surface area contributed by atoms with Gasteiger partial charge in [-0.3, -0.25) is 4.79 Å². The number of fused-ring (bicyclic) bond motifs is 1. The molecule has 2 aromatic rings. The minimum atomic E-state index is -0.741. The number of carbonyl (C=O) groups is 1. The molecule has 1 aromatic carbocycles. The molecule has 90 valence electrons. The van der Waals surface area contributed by atoms with Crippen LogP contribution < -0.4 is 0 Å². The Morgan fingerprint density at radius 3 is 2.82 bits per heavy atom. The van der Waals surface area contributed by atoms with E-state index in [2.05, 4.69) is 42.8 Å². The monoisotopic (exact) mass is 231 g/mol. The normalized spacial score (nSPS) is 10.9. The Labute approximate surface area is 101 Å². The molecule has 0 unspecified atom stereocenters. The lowest BCUT2D eigenvalue weighted by Gasteiger charge is -2.00. The van der Waals surface area contributed by atoms with E-state index in [4.69, 9.17) is 5.11 Å². The van der Waals surface area contributed by atoms with Crippen LogP contribution >= 0.6 is 0 Å². The van der Waals surface area contributed by atoms with Crippen molar-refractivity contribution in [3.8, 4) is 0 Å². The van der Waals surface area contributed by atoms with Crippen molar-refractivity contribution in [2.24, 2.45) is 0 Å². The van der Waals surface area contributed by atoms with Gasteiger partial charge in [0.25, 0.3) is 0 Å². The second kappa shape index (κ2) is 4.62. The minimum Gasteiger partial charge on any atom is -0.481 e. The molecule has 0 aliphatic rings. The van der Waals surface area contributed by atoms with E-state index in [1.54, 1.807) is 0 Å². The zero-order chi connectivity index (χ0) is 12.4. The summed E-state index contributed by atoms with van der Waals surface area (Å²) in [6, 6.07) is 6.34. The predicted octanol–water partition coefficient (Wildman–Crippen LogP) is 2.99. The van der Waals surface area contributed by atoms with Crippen molar-refractivity contribution in [1.82, 2.24) is 4.57 Å². The Kier molecular flexibility index (Phi) is 3.18. The topological polar surface area (TPSA) is 42.2 Å². The van der Waals surface area contributed by atoms with E-state index in [0.717, 1.165) is 12.1 Å². The van der Waals surface area contributed by atoms with Crippen LogP contribution in [0.25, 0.3) is 10.9 Å². The molecule has 0 spiro atoms. The second-order valence-electron chi connectivity index (χ2n) is 4.35. The first-order valence-electron chi connectivity index (χ1n) is 5.92. The summed E-state index contributed by atoms with van der Waals surface area (Å²) in [4.78, 5) is 10.6. The third kappa shape index (κ3) is 2.33. The van der Waals surface area contributed by atoms with Crippen molar-refractivity contribution in [3.05, 3.63) is 35.5 Å². The fourth-order valence-electron chi connectivity index (χ4n) is 2.19. The Morgan fingerprint density at radius 1 is 1.41 bits per heavy atom. The van der Waals surface area contributed by atoms with Gasteiger partial charge < -0.3 is 9.67 Å². The first kappa shape index (κ1) is 11.7. The van der Waals surface area contributed by atoms with Crippen LogP contribution in [0.2, 0.25) is 0 Å². The van der Waals surface area contributed by atoms with Gasteiger partial charge in [-0.15, -0.1) is 0 Å². The molecule has 3 heteroatoms. The number of benzene rings is 1. The summed E-state index contributed by atoms with van der Waals surface area (Å²) in [5.74, 6) is -0.741. The highest BCUT2D eigenvalue weighted by atomic mass is 16.4. The standard InChI is InChI=1S/C14H17NO2/c1-3-15-9-11(5-7-14(16)17)12-8-10(2)4-6-13(12)15/h4,6,8-9H,3,5,7H2,1-2H3,(H,16,17). The number of rotatable bonds is 4. The van der Waals surface area contributed by atoms with Gasteiger partial charge in [-0.25, -0.2) is 0 Å². The van der Waals surface area contributed by atoms with Gasteiger partial charge in [0.15, 0.2) is 0 Å². The molecule has 0 aliphatic carbocycles. The number of hydrogen-bond donors (Lipinski definition) is 1. The van der Waals surface area contributed by atoms with Crippen LogP contribution in [0.5, 0.6) is 0 Å². The van der Waals surface area contributed by atoms with Gasteiger partial charge in [-0.2, -0.15) is 0 Å². The summed E-state index contributed by atoms with van der Waals surface area (Å²) in [7, 11) is 0. The average Bonchev–Trinajstić information content (AvgIpc) is 2.63. The number of nitrogens with zero attached hydrogens (tertiary/aromatic N) is 1. The summed E-state index contributed by atoms with van der Waals surface area (Å²) in [5, 5.41) is 9.95. The molecule has 0 fully saturated rings. The van der Waals surface area contributed by atoms with E-state index in [-0.39, 0.29) is 6.42 Å². The smallest absolute Gasteiger partial charge is 0.303 e. The molecular weight excluding hydrogens is 214 g/mol. The number of aryl methyl sites for hydroxylation is 3. The molecule has 2 rings (SSSR count). The van der Waals surface area contributed by atoms with Crippen molar-refractivity contribution in [2.45, 2.75) is 33.2 Å². The van der Waals surface area contributed by atoms with Crippen LogP contribution in [0.4, 0.5) is 0 Å². The van der Waals surface area contributed by atoms with Gasteiger partial charge in [0.2, 0.25) is 0 Å². The van der Waals surface area contributed by atoms with Crippen molar-refractivity contribution >= 4 is 16.9 Å². The van der Waals surface area contributed by atoms with Gasteiger partial charge >= 0.3 is 5.97 Å². The van der Waals surface area contributed by atoms with E-state index in [1.165, 1.54) is 16.5 Å². The number of carboxylic acids is 1. The Hall–Kier alpha value is -1.77. The highest BCUT2D eigenvalue weighted by molar-refractivity contribution is 5.85. The summed E-state index contributed by atoms with van der Waals surface area (Å²) in [5.41, 5.74) is 3.54. The fourth-order valence-corrected chi connectivity index (χ4v) is 2.19. The lowest BCUT2D eigenvalue weighted by molar-refractivity contribution is -0.136. The van der Waals surface area contributed by atoms with Gasteiger partial charge in [-0.1, -0.05) is 11.6 Å². The van der Waals surface area contributed by atoms with Crippen LogP contribution in [0.1, 0.15) is 24.5 Å². The van der Waals surface area contributed by atoms with Crippen LogP contribution in [0.15, 0.2) is 24.4 Å². The summed E-state index contributed by atoms with van der Waals surface area (Å²) < 4.78 is 2.17. The van der Waals surface area contributed by atoms with Gasteiger partial charge in [0, 0.05) is 30.1 Å². The third-order valence-electron chi connectivity index (χ3n) is 3.07. The Balaban J connectivity index is 2.46. The molecule has 0 saturated carbocycles. The van der Waals surface area contributed by atoms with Crippen LogP contribution in [0, 0.1) is 6.92 Å². The second-order valence-corrected chi connectivity index (χ2v) is 4.35. The van der Waals surface area contributed by atoms with Crippen molar-refractivity contribution in [1.29, 1.82) is 0 Å². The molecule has 17 heavy (non-hydrogen) atoms. The lowest BCUT2D eigenvalue weighted by Crippen LogP contribution is -1.97. The SMILES string of the molecule is CCn1cc(CCC(=O)O)c2cc(C)ccc21. The van der Waals surface area contributed by atoms with E-state index in [9.17, 15) is 4.79 Å². The summed E-state index contributed by atoms with van der Waals surface area (Å²) in [6.45, 7) is 5.07. The maximum Gasteiger partial charge on any atom is 0.303 e.